The third-order valence-corrected chi connectivity index (χ3v) is 9.59. The summed E-state index contributed by atoms with van der Waals surface area (Å²) in [6.07, 6.45) is 6.12. The Balaban J connectivity index is 2.76. The van der Waals surface area contributed by atoms with Crippen molar-refractivity contribution in [3.8, 4) is 0 Å². The Labute approximate surface area is 115 Å². The smallest absolute Gasteiger partial charge is 0.192 e. The summed E-state index contributed by atoms with van der Waals surface area (Å²) < 4.78 is 6.67. The first-order valence-corrected chi connectivity index (χ1v) is 10.2. The third-order valence-electron chi connectivity index (χ3n) is 4.95. The van der Waals surface area contributed by atoms with Crippen LogP contribution in [0.25, 0.3) is 0 Å². The van der Waals surface area contributed by atoms with Gasteiger partial charge in [-0.3, -0.25) is 0 Å². The highest BCUT2D eigenvalue weighted by atomic mass is 28.4. The van der Waals surface area contributed by atoms with E-state index in [2.05, 4.69) is 60.7 Å². The minimum atomic E-state index is -1.66. The van der Waals surface area contributed by atoms with Crippen molar-refractivity contribution < 1.29 is 4.43 Å². The maximum Gasteiger partial charge on any atom is 0.192 e. The van der Waals surface area contributed by atoms with Crippen molar-refractivity contribution >= 4 is 8.32 Å². The zero-order valence-corrected chi connectivity index (χ0v) is 14.7. The molecule has 0 N–H and O–H groups in total. The molecule has 2 heteroatoms. The molecule has 0 saturated heterocycles. The Kier molecular flexibility index (Phi) is 4.55. The molecule has 0 aromatic heterocycles. The molecule has 0 aromatic rings. The minimum absolute atomic E-state index is 0.0141. The molecule has 1 aliphatic carbocycles. The molecule has 18 heavy (non-hydrogen) atoms. The van der Waals surface area contributed by atoms with E-state index in [1.54, 1.807) is 5.57 Å². The maximum absolute atomic E-state index is 6.67. The Morgan fingerprint density at radius 3 is 2.11 bits per heavy atom. The van der Waals surface area contributed by atoms with E-state index >= 15 is 0 Å². The monoisotopic (exact) mass is 268 g/mol. The van der Waals surface area contributed by atoms with Gasteiger partial charge in [0.2, 0.25) is 0 Å². The molecule has 106 valence electrons. The lowest BCUT2D eigenvalue weighted by atomic mass is 9.80. The zero-order valence-electron chi connectivity index (χ0n) is 13.7. The Hall–Kier alpha value is -0.0831. The predicted molar refractivity (Wildman–Crippen MR) is 83.5 cm³/mol. The molecule has 0 amide bonds. The molecule has 0 radical (unpaired) electrons. The average Bonchev–Trinajstić information content (AvgIpc) is 2.14. The maximum atomic E-state index is 6.67. The van der Waals surface area contributed by atoms with Gasteiger partial charge < -0.3 is 4.43 Å². The van der Waals surface area contributed by atoms with Crippen molar-refractivity contribution in [3.63, 3.8) is 0 Å². The molecule has 0 aliphatic heterocycles. The summed E-state index contributed by atoms with van der Waals surface area (Å²) in [6.45, 7) is 18.5. The van der Waals surface area contributed by atoms with Gasteiger partial charge in [0.1, 0.15) is 0 Å². The van der Waals surface area contributed by atoms with Crippen molar-refractivity contribution in [3.05, 3.63) is 11.6 Å². The number of rotatable bonds is 3. The van der Waals surface area contributed by atoms with Crippen LogP contribution in [0.2, 0.25) is 18.1 Å². The first kappa shape index (κ1) is 16.0. The molecule has 0 saturated carbocycles. The molecular formula is C16H32OSi. The molecule has 0 heterocycles. The van der Waals surface area contributed by atoms with E-state index in [4.69, 9.17) is 4.43 Å². The number of hydrogen-bond acceptors (Lipinski definition) is 1. The van der Waals surface area contributed by atoms with Gasteiger partial charge in [0.25, 0.3) is 0 Å². The highest BCUT2D eigenvalue weighted by molar-refractivity contribution is 6.74. The summed E-state index contributed by atoms with van der Waals surface area (Å²) in [4.78, 5) is 0. The van der Waals surface area contributed by atoms with Gasteiger partial charge in [-0.2, -0.15) is 0 Å². The van der Waals surface area contributed by atoms with E-state index in [0.717, 1.165) is 0 Å². The van der Waals surface area contributed by atoms with Crippen LogP contribution < -0.4 is 0 Å². The molecule has 0 bridgehead atoms. The quantitative estimate of drug-likeness (QED) is 0.483. The summed E-state index contributed by atoms with van der Waals surface area (Å²) in [7, 11) is -1.66. The Morgan fingerprint density at radius 1 is 1.17 bits per heavy atom. The fourth-order valence-electron chi connectivity index (χ4n) is 2.49. The highest BCUT2D eigenvalue weighted by Crippen LogP contribution is 2.43. The second-order valence-electron chi connectivity index (χ2n) is 7.99. The lowest BCUT2D eigenvalue weighted by Crippen LogP contribution is -2.50. The predicted octanol–water partition coefficient (Wildman–Crippen LogP) is 5.53. The van der Waals surface area contributed by atoms with Crippen molar-refractivity contribution in [2.24, 2.45) is 5.92 Å². The van der Waals surface area contributed by atoms with Crippen LogP contribution in [-0.2, 0) is 4.43 Å². The molecule has 1 rings (SSSR count). The normalized spacial score (nSPS) is 22.9. The molecule has 0 unspecified atom stereocenters. The molecule has 1 atom stereocenters. The SMILES string of the molecule is CC1=CC[C@H](C(C)(C)O[Si](C)(C)C(C)(C)C)CC1. The van der Waals surface area contributed by atoms with Crippen LogP contribution in [0.15, 0.2) is 11.6 Å². The van der Waals surface area contributed by atoms with E-state index < -0.39 is 8.32 Å². The number of hydrogen-bond donors (Lipinski definition) is 0. The van der Waals surface area contributed by atoms with Gasteiger partial charge in [-0.05, 0) is 64.1 Å². The minimum Gasteiger partial charge on any atom is -0.412 e. The second kappa shape index (κ2) is 5.13. The van der Waals surface area contributed by atoms with E-state index in [9.17, 15) is 0 Å². The van der Waals surface area contributed by atoms with Crippen molar-refractivity contribution in [1.82, 2.24) is 0 Å². The van der Waals surface area contributed by atoms with E-state index in [0.29, 0.717) is 11.0 Å². The van der Waals surface area contributed by atoms with Gasteiger partial charge in [0.15, 0.2) is 8.32 Å². The van der Waals surface area contributed by atoms with Crippen molar-refractivity contribution in [2.75, 3.05) is 0 Å². The summed E-state index contributed by atoms with van der Waals surface area (Å²) in [5, 5.41) is 0.296. The molecular weight excluding hydrogens is 236 g/mol. The summed E-state index contributed by atoms with van der Waals surface area (Å²) in [5.74, 6) is 0.676. The van der Waals surface area contributed by atoms with E-state index in [1.807, 2.05) is 0 Å². The van der Waals surface area contributed by atoms with Crippen LogP contribution in [-0.4, -0.2) is 13.9 Å². The molecule has 0 fully saturated rings. The van der Waals surface area contributed by atoms with Crippen LogP contribution in [0, 0.1) is 5.92 Å². The lowest BCUT2D eigenvalue weighted by Gasteiger charge is -2.46. The first-order valence-electron chi connectivity index (χ1n) is 7.31. The van der Waals surface area contributed by atoms with Gasteiger partial charge in [-0.1, -0.05) is 32.4 Å². The molecule has 1 nitrogen and oxygen atoms in total. The average molecular weight is 269 g/mol. The molecule has 0 aromatic carbocycles. The third kappa shape index (κ3) is 3.71. The largest absolute Gasteiger partial charge is 0.412 e. The Bertz CT molecular complexity index is 320. The van der Waals surface area contributed by atoms with Crippen LogP contribution >= 0.6 is 0 Å². The zero-order chi connectivity index (χ0) is 14.2. The molecule has 0 spiro atoms. The lowest BCUT2D eigenvalue weighted by molar-refractivity contribution is 0.0246. The first-order chi connectivity index (χ1) is 7.96. The topological polar surface area (TPSA) is 9.23 Å². The fraction of sp³-hybridized carbons (Fsp3) is 0.875. The van der Waals surface area contributed by atoms with Crippen LogP contribution in [0.1, 0.15) is 60.8 Å². The van der Waals surface area contributed by atoms with Crippen molar-refractivity contribution in [2.45, 2.75) is 84.5 Å². The second-order valence-corrected chi connectivity index (χ2v) is 12.7. The van der Waals surface area contributed by atoms with Gasteiger partial charge in [-0.25, -0.2) is 0 Å². The standard InChI is InChI=1S/C16H32OSi/c1-13-9-11-14(12-10-13)16(5,6)17-18(7,8)15(2,3)4/h9,14H,10-12H2,1-8H3/t14-/m0/s1. The van der Waals surface area contributed by atoms with Crippen molar-refractivity contribution in [1.29, 1.82) is 0 Å². The van der Waals surface area contributed by atoms with Crippen LogP contribution in [0.4, 0.5) is 0 Å². The van der Waals surface area contributed by atoms with Gasteiger partial charge in [0.05, 0.1) is 5.60 Å². The van der Waals surface area contributed by atoms with E-state index in [-0.39, 0.29) is 5.60 Å². The Morgan fingerprint density at radius 2 is 1.72 bits per heavy atom. The highest BCUT2D eigenvalue weighted by Gasteiger charge is 2.43. The summed E-state index contributed by atoms with van der Waals surface area (Å²) >= 11 is 0. The molecule has 1 aliphatic rings. The van der Waals surface area contributed by atoms with Gasteiger partial charge >= 0.3 is 0 Å². The fourth-order valence-corrected chi connectivity index (χ4v) is 4.28. The summed E-state index contributed by atoms with van der Waals surface area (Å²) in [6, 6.07) is 0. The van der Waals surface area contributed by atoms with Gasteiger partial charge in [-0.15, -0.1) is 0 Å². The van der Waals surface area contributed by atoms with Crippen LogP contribution in [0.3, 0.4) is 0 Å². The van der Waals surface area contributed by atoms with Crippen LogP contribution in [0.5, 0.6) is 0 Å². The van der Waals surface area contributed by atoms with Gasteiger partial charge in [0, 0.05) is 0 Å². The van der Waals surface area contributed by atoms with E-state index in [1.165, 1.54) is 19.3 Å². The summed E-state index contributed by atoms with van der Waals surface area (Å²) in [5.41, 5.74) is 1.56. The number of allylic oxidation sites excluding steroid dienone is 2.